The summed E-state index contributed by atoms with van der Waals surface area (Å²) in [5, 5.41) is 8.08. The Morgan fingerprint density at radius 2 is 2.00 bits per heavy atom. The minimum absolute atomic E-state index is 0. The first-order valence-electron chi connectivity index (χ1n) is 1.80. The second kappa shape index (κ2) is 9.00. The Bertz CT molecular complexity index is 42.3. The van der Waals surface area contributed by atoms with Crippen molar-refractivity contribution in [3.8, 4) is 0 Å². The summed E-state index contributed by atoms with van der Waals surface area (Å²) < 4.78 is 4.61. The largest absolute Gasteiger partial charge is 0.394 e. The van der Waals surface area contributed by atoms with Gasteiger partial charge in [-0.05, 0) is 0 Å². The summed E-state index contributed by atoms with van der Waals surface area (Å²) >= 11 is 4.24. The van der Waals surface area contributed by atoms with Gasteiger partial charge in [-0.15, -0.1) is 0 Å². The van der Waals surface area contributed by atoms with Crippen molar-refractivity contribution in [1.29, 1.82) is 0 Å². The maximum absolute atomic E-state index is 8.08. The second-order valence-corrected chi connectivity index (χ2v) is 1.14. The number of halogens is 2. The Balaban J connectivity index is 0. The summed E-state index contributed by atoms with van der Waals surface area (Å²) in [4.78, 5) is 0. The number of hydrogen-bond acceptors (Lipinski definition) is 2. The minimum atomic E-state index is 0. The van der Waals surface area contributed by atoms with Gasteiger partial charge in [-0.25, -0.2) is 0 Å². The van der Waals surface area contributed by atoms with E-state index in [2.05, 4.69) is 42.0 Å². The molecule has 1 heterocycles. The Hall–Kier alpha value is 2.00. The van der Waals surface area contributed by atoms with E-state index in [-0.39, 0.29) is 32.2 Å². The maximum atomic E-state index is 8.08. The number of hydrogen-bond donors (Lipinski definition) is 1. The molecule has 1 radical (unpaired) electrons. The first-order valence-corrected chi connectivity index (χ1v) is 8.09. The number of rotatable bonds is 1. The van der Waals surface area contributed by atoms with Gasteiger partial charge in [0.15, 0.2) is 0 Å². The number of aliphatic hydroxyl groups excluding tert-OH is 1. The third kappa shape index (κ3) is 8.00. The Morgan fingerprint density at radius 1 is 1.62 bits per heavy atom. The third-order valence-corrected chi connectivity index (χ3v) is 0.606. The van der Waals surface area contributed by atoms with Crippen molar-refractivity contribution in [3.63, 3.8) is 0 Å². The van der Waals surface area contributed by atoms with Crippen LogP contribution in [0.3, 0.4) is 0 Å². The molecule has 0 aromatic carbocycles. The predicted molar refractivity (Wildman–Crippen MR) is 44.9 cm³/mol. The normalized spacial score (nSPS) is 22.1. The standard InChI is InChI=1S/C3H6O2.I2.Rh/c4-1-3-2-5-3;1-2;/h3-4H,1-2H2;;. The van der Waals surface area contributed by atoms with Gasteiger partial charge in [-0.3, -0.25) is 0 Å². The van der Waals surface area contributed by atoms with E-state index in [1.807, 2.05) is 0 Å². The van der Waals surface area contributed by atoms with Gasteiger partial charge < -0.3 is 9.84 Å². The summed E-state index contributed by atoms with van der Waals surface area (Å²) in [6.07, 6.45) is 0.190. The van der Waals surface area contributed by atoms with Crippen molar-refractivity contribution >= 4 is 37.2 Å². The predicted octanol–water partition coefficient (Wildman–Crippen LogP) is 1.15. The van der Waals surface area contributed by atoms with E-state index in [1.54, 1.807) is 0 Å². The van der Waals surface area contributed by atoms with Crippen LogP contribution in [0.4, 0.5) is 0 Å². The van der Waals surface area contributed by atoms with Crippen LogP contribution in [0.25, 0.3) is 0 Å². The van der Waals surface area contributed by atoms with Crippen molar-refractivity contribution in [2.45, 2.75) is 6.10 Å². The molecule has 1 aliphatic heterocycles. The van der Waals surface area contributed by atoms with Crippen molar-refractivity contribution in [2.75, 3.05) is 13.2 Å². The van der Waals surface area contributed by atoms with Crippen molar-refractivity contribution < 1.29 is 29.3 Å². The van der Waals surface area contributed by atoms with Gasteiger partial charge in [0.2, 0.25) is 0 Å². The van der Waals surface area contributed by atoms with Crippen molar-refractivity contribution in [3.05, 3.63) is 0 Å². The molecule has 53 valence electrons. The molecule has 0 spiro atoms. The molecule has 1 unspecified atom stereocenters. The smallest absolute Gasteiger partial charge is 0.104 e. The van der Waals surface area contributed by atoms with Crippen LogP contribution in [-0.4, -0.2) is 24.4 Å². The third-order valence-electron chi connectivity index (χ3n) is 0.606. The van der Waals surface area contributed by atoms with Gasteiger partial charge in [0.05, 0.1) is 13.2 Å². The Morgan fingerprint density at radius 3 is 2.00 bits per heavy atom. The monoisotopic (exact) mass is 431 g/mol. The van der Waals surface area contributed by atoms with Crippen molar-refractivity contribution in [2.24, 2.45) is 0 Å². The zero-order chi connectivity index (χ0) is 5.70. The molecule has 1 rings (SSSR count). The SMILES string of the molecule is II.OCC1CO1.[Rh]. The average molecular weight is 431 g/mol. The molecule has 0 aliphatic carbocycles. The van der Waals surface area contributed by atoms with Gasteiger partial charge in [-0.2, -0.15) is 0 Å². The van der Waals surface area contributed by atoms with Gasteiger partial charge >= 0.3 is 0 Å². The van der Waals surface area contributed by atoms with Gasteiger partial charge in [0.1, 0.15) is 6.10 Å². The maximum Gasteiger partial charge on any atom is 0.104 e. The Kier molecular flexibility index (Phi) is 14.2. The first-order chi connectivity index (χ1) is 3.43. The van der Waals surface area contributed by atoms with Gasteiger partial charge in [0.25, 0.3) is 0 Å². The van der Waals surface area contributed by atoms with Crippen LogP contribution in [0.5, 0.6) is 0 Å². The fraction of sp³-hybridized carbons (Fsp3) is 1.00. The van der Waals surface area contributed by atoms with Gasteiger partial charge in [-0.1, -0.05) is 0 Å². The van der Waals surface area contributed by atoms with Crippen LogP contribution in [-0.2, 0) is 24.2 Å². The zero-order valence-electron chi connectivity index (χ0n) is 3.94. The molecule has 0 aromatic heterocycles. The van der Waals surface area contributed by atoms with Crippen LogP contribution in [0, 0.1) is 0 Å². The summed E-state index contributed by atoms with van der Waals surface area (Å²) in [7, 11) is 0. The molecular formula is C3H6I2O2Rh. The van der Waals surface area contributed by atoms with E-state index >= 15 is 0 Å². The molecular weight excluding hydrogens is 425 g/mol. The van der Waals surface area contributed by atoms with Crippen LogP contribution in [0.15, 0.2) is 0 Å². The minimum Gasteiger partial charge on any atom is -0.394 e. The number of epoxide rings is 1. The molecule has 2 nitrogen and oxygen atoms in total. The summed E-state index contributed by atoms with van der Waals surface area (Å²) in [5.74, 6) is 0. The van der Waals surface area contributed by atoms with E-state index in [0.717, 1.165) is 6.61 Å². The molecule has 1 atom stereocenters. The number of ether oxygens (including phenoxy) is 1. The molecule has 0 amide bonds. The van der Waals surface area contributed by atoms with E-state index < -0.39 is 0 Å². The van der Waals surface area contributed by atoms with Crippen LogP contribution < -0.4 is 0 Å². The van der Waals surface area contributed by atoms with Crippen molar-refractivity contribution in [1.82, 2.24) is 0 Å². The van der Waals surface area contributed by atoms with Gasteiger partial charge in [0, 0.05) is 56.7 Å². The fourth-order valence-corrected chi connectivity index (χ4v) is 0.173. The molecule has 5 heteroatoms. The zero-order valence-corrected chi connectivity index (χ0v) is 9.89. The van der Waals surface area contributed by atoms with E-state index in [4.69, 9.17) is 5.11 Å². The first kappa shape index (κ1) is 12.7. The summed E-state index contributed by atoms with van der Waals surface area (Å²) in [5.41, 5.74) is 0. The molecule has 1 N–H and O–H groups in total. The quantitative estimate of drug-likeness (QED) is 0.384. The van der Waals surface area contributed by atoms with E-state index in [1.165, 1.54) is 0 Å². The molecule has 1 aliphatic rings. The number of aliphatic hydroxyl groups is 1. The second-order valence-electron chi connectivity index (χ2n) is 1.14. The van der Waals surface area contributed by atoms with E-state index in [9.17, 15) is 0 Å². The fourth-order valence-electron chi connectivity index (χ4n) is 0.173. The summed E-state index contributed by atoms with van der Waals surface area (Å²) in [6.45, 7) is 0.955. The average Bonchev–Trinajstić information content (AvgIpc) is 2.52. The molecule has 1 saturated heterocycles. The molecule has 0 bridgehead atoms. The Labute approximate surface area is 84.8 Å². The van der Waals surface area contributed by atoms with Crippen LogP contribution >= 0.6 is 37.2 Å². The molecule has 0 saturated carbocycles. The van der Waals surface area contributed by atoms with Crippen LogP contribution in [0.1, 0.15) is 0 Å². The van der Waals surface area contributed by atoms with E-state index in [0.29, 0.717) is 0 Å². The van der Waals surface area contributed by atoms with Crippen LogP contribution in [0.2, 0.25) is 0 Å². The summed E-state index contributed by atoms with van der Waals surface area (Å²) in [6, 6.07) is 0. The molecule has 8 heavy (non-hydrogen) atoms. The molecule has 0 aromatic rings. The topological polar surface area (TPSA) is 32.8 Å². The molecule has 1 fully saturated rings.